The lowest BCUT2D eigenvalue weighted by Crippen LogP contribution is -2.45. The fourth-order valence-electron chi connectivity index (χ4n) is 2.41. The average molecular weight is 341 g/mol. The zero-order chi connectivity index (χ0) is 16.2. The van der Waals surface area contributed by atoms with Gasteiger partial charge < -0.3 is 5.32 Å². The molecule has 1 aliphatic rings. The number of piperidine rings is 1. The fourth-order valence-corrected chi connectivity index (χ4v) is 4.06. The summed E-state index contributed by atoms with van der Waals surface area (Å²) >= 11 is 5.78. The Morgan fingerprint density at radius 3 is 2.73 bits per heavy atom. The maximum absolute atomic E-state index is 12.6. The van der Waals surface area contributed by atoms with E-state index >= 15 is 0 Å². The first-order chi connectivity index (χ1) is 10.4. The predicted molar refractivity (Wildman–Crippen MR) is 84.8 cm³/mol. The molecule has 0 bridgehead atoms. The minimum atomic E-state index is -3.61. The molecule has 1 aliphatic heterocycles. The van der Waals surface area contributed by atoms with E-state index in [2.05, 4.69) is 11.2 Å². The Kier molecular flexibility index (Phi) is 5.46. The second-order valence-electron chi connectivity index (χ2n) is 5.08. The van der Waals surface area contributed by atoms with E-state index in [1.807, 2.05) is 0 Å². The minimum Gasteiger partial charge on any atom is -0.345 e. The SMILES string of the molecule is C#CCNC(=O)C1CCCN(S(=O)(=O)c2ccc(Cl)cc2)C1. The molecule has 1 aromatic carbocycles. The van der Waals surface area contributed by atoms with Gasteiger partial charge in [-0.3, -0.25) is 4.79 Å². The van der Waals surface area contributed by atoms with Crippen LogP contribution in [0.5, 0.6) is 0 Å². The first-order valence-electron chi connectivity index (χ1n) is 6.92. The number of terminal acetylenes is 1. The number of amides is 1. The molecule has 0 aliphatic carbocycles. The van der Waals surface area contributed by atoms with Crippen molar-refractivity contribution >= 4 is 27.5 Å². The summed E-state index contributed by atoms with van der Waals surface area (Å²) in [7, 11) is -3.61. The van der Waals surface area contributed by atoms with E-state index in [9.17, 15) is 13.2 Å². The molecule has 1 atom stereocenters. The minimum absolute atomic E-state index is 0.152. The number of sulfonamides is 1. The topological polar surface area (TPSA) is 66.5 Å². The molecule has 1 fully saturated rings. The number of hydrogen-bond donors (Lipinski definition) is 1. The zero-order valence-corrected chi connectivity index (χ0v) is 13.5. The third kappa shape index (κ3) is 3.80. The monoisotopic (exact) mass is 340 g/mol. The molecule has 1 saturated heterocycles. The van der Waals surface area contributed by atoms with Crippen molar-refractivity contribution in [2.45, 2.75) is 17.7 Å². The van der Waals surface area contributed by atoms with Crippen LogP contribution in [-0.4, -0.2) is 38.3 Å². The average Bonchev–Trinajstić information content (AvgIpc) is 2.53. The van der Waals surface area contributed by atoms with Crippen LogP contribution in [0.2, 0.25) is 5.02 Å². The first-order valence-corrected chi connectivity index (χ1v) is 8.74. The maximum atomic E-state index is 12.6. The summed E-state index contributed by atoms with van der Waals surface area (Å²) in [5, 5.41) is 3.08. The van der Waals surface area contributed by atoms with E-state index in [0.717, 1.165) is 0 Å². The predicted octanol–water partition coefficient (Wildman–Crippen LogP) is 1.49. The molecule has 1 aromatic rings. The Hall–Kier alpha value is -1.55. The number of nitrogens with one attached hydrogen (secondary N) is 1. The Bertz CT molecular complexity index is 680. The lowest BCUT2D eigenvalue weighted by Gasteiger charge is -2.31. The van der Waals surface area contributed by atoms with E-state index in [0.29, 0.717) is 24.4 Å². The van der Waals surface area contributed by atoms with Crippen LogP contribution in [0, 0.1) is 18.3 Å². The standard InChI is InChI=1S/C15H17ClN2O3S/c1-2-9-17-15(19)12-4-3-10-18(11-12)22(20,21)14-7-5-13(16)6-8-14/h1,5-8,12H,3-4,9-11H2,(H,17,19). The molecular weight excluding hydrogens is 324 g/mol. The van der Waals surface area contributed by atoms with Gasteiger partial charge in [-0.25, -0.2) is 8.42 Å². The van der Waals surface area contributed by atoms with Crippen molar-refractivity contribution in [2.75, 3.05) is 19.6 Å². The summed E-state index contributed by atoms with van der Waals surface area (Å²) in [4.78, 5) is 12.1. The van der Waals surface area contributed by atoms with Crippen LogP contribution in [-0.2, 0) is 14.8 Å². The number of benzene rings is 1. The first kappa shape index (κ1) is 16.8. The van der Waals surface area contributed by atoms with Gasteiger partial charge in [0.05, 0.1) is 17.4 Å². The van der Waals surface area contributed by atoms with Crippen molar-refractivity contribution in [2.24, 2.45) is 5.92 Å². The molecule has 22 heavy (non-hydrogen) atoms. The number of nitrogens with zero attached hydrogens (tertiary/aromatic N) is 1. The third-order valence-electron chi connectivity index (χ3n) is 3.57. The van der Waals surface area contributed by atoms with Gasteiger partial charge in [0.15, 0.2) is 0 Å². The second kappa shape index (κ2) is 7.14. The van der Waals surface area contributed by atoms with Gasteiger partial charge >= 0.3 is 0 Å². The van der Waals surface area contributed by atoms with E-state index in [1.165, 1.54) is 28.6 Å². The van der Waals surface area contributed by atoms with Crippen LogP contribution in [0.3, 0.4) is 0 Å². The van der Waals surface area contributed by atoms with Crippen molar-refractivity contribution in [3.05, 3.63) is 29.3 Å². The molecule has 0 spiro atoms. The smallest absolute Gasteiger partial charge is 0.243 e. The Balaban J connectivity index is 2.13. The summed E-state index contributed by atoms with van der Waals surface area (Å²) in [6.45, 7) is 0.727. The molecule has 0 saturated carbocycles. The van der Waals surface area contributed by atoms with Gasteiger partial charge in [-0.1, -0.05) is 17.5 Å². The molecule has 5 nitrogen and oxygen atoms in total. The molecular formula is C15H17ClN2O3S. The molecule has 1 heterocycles. The number of halogens is 1. The highest BCUT2D eigenvalue weighted by Gasteiger charge is 2.33. The van der Waals surface area contributed by atoms with Gasteiger partial charge in [0.1, 0.15) is 0 Å². The fraction of sp³-hybridized carbons (Fsp3) is 0.400. The molecule has 0 radical (unpaired) electrons. The van der Waals surface area contributed by atoms with Crippen LogP contribution < -0.4 is 5.32 Å². The summed E-state index contributed by atoms with van der Waals surface area (Å²) in [6.07, 6.45) is 6.40. The summed E-state index contributed by atoms with van der Waals surface area (Å²) < 4.78 is 26.5. The lowest BCUT2D eigenvalue weighted by molar-refractivity contribution is -0.125. The molecule has 1 amide bonds. The van der Waals surface area contributed by atoms with E-state index in [1.54, 1.807) is 0 Å². The quantitative estimate of drug-likeness (QED) is 0.844. The van der Waals surface area contributed by atoms with Gasteiger partial charge in [-0.2, -0.15) is 4.31 Å². The van der Waals surface area contributed by atoms with Crippen LogP contribution in [0.25, 0.3) is 0 Å². The van der Waals surface area contributed by atoms with Crippen molar-refractivity contribution in [1.29, 1.82) is 0 Å². The molecule has 1 unspecified atom stereocenters. The van der Waals surface area contributed by atoms with Gasteiger partial charge in [-0.15, -0.1) is 6.42 Å². The van der Waals surface area contributed by atoms with Crippen LogP contribution in [0.1, 0.15) is 12.8 Å². The van der Waals surface area contributed by atoms with Gasteiger partial charge in [0, 0.05) is 18.1 Å². The zero-order valence-electron chi connectivity index (χ0n) is 12.0. The molecule has 118 valence electrons. The Morgan fingerprint density at radius 2 is 2.09 bits per heavy atom. The number of hydrogen-bond acceptors (Lipinski definition) is 3. The highest BCUT2D eigenvalue weighted by molar-refractivity contribution is 7.89. The van der Waals surface area contributed by atoms with Crippen molar-refractivity contribution in [3.63, 3.8) is 0 Å². The normalized spacial score (nSPS) is 19.4. The van der Waals surface area contributed by atoms with Crippen LogP contribution >= 0.6 is 11.6 Å². The Labute approximate surface area is 135 Å². The van der Waals surface area contributed by atoms with Crippen molar-refractivity contribution in [3.8, 4) is 12.3 Å². The summed E-state index contributed by atoms with van der Waals surface area (Å²) in [5.74, 6) is 1.76. The molecule has 2 rings (SSSR count). The van der Waals surface area contributed by atoms with Crippen molar-refractivity contribution in [1.82, 2.24) is 9.62 Å². The molecule has 1 N–H and O–H groups in total. The van der Waals surface area contributed by atoms with Gasteiger partial charge in [-0.05, 0) is 37.1 Å². The Morgan fingerprint density at radius 1 is 1.41 bits per heavy atom. The van der Waals surface area contributed by atoms with Crippen molar-refractivity contribution < 1.29 is 13.2 Å². The summed E-state index contributed by atoms with van der Waals surface area (Å²) in [6, 6.07) is 6.02. The number of carbonyl (C=O) groups excluding carboxylic acids is 1. The third-order valence-corrected chi connectivity index (χ3v) is 5.70. The van der Waals surface area contributed by atoms with E-state index in [-0.39, 0.29) is 29.8 Å². The van der Waals surface area contributed by atoms with Gasteiger partial charge in [0.2, 0.25) is 15.9 Å². The maximum Gasteiger partial charge on any atom is 0.243 e. The molecule has 0 aromatic heterocycles. The second-order valence-corrected chi connectivity index (χ2v) is 7.45. The van der Waals surface area contributed by atoms with E-state index < -0.39 is 10.0 Å². The van der Waals surface area contributed by atoms with E-state index in [4.69, 9.17) is 18.0 Å². The molecule has 7 heteroatoms. The summed E-state index contributed by atoms with van der Waals surface area (Å²) in [5.41, 5.74) is 0. The van der Waals surface area contributed by atoms with Crippen LogP contribution in [0.15, 0.2) is 29.2 Å². The van der Waals surface area contributed by atoms with Gasteiger partial charge in [0.25, 0.3) is 0 Å². The van der Waals surface area contributed by atoms with Crippen LogP contribution in [0.4, 0.5) is 0 Å². The highest BCUT2D eigenvalue weighted by atomic mass is 35.5. The lowest BCUT2D eigenvalue weighted by atomic mass is 9.99. The number of rotatable bonds is 4. The largest absolute Gasteiger partial charge is 0.345 e. The number of carbonyl (C=O) groups is 1. The highest BCUT2D eigenvalue weighted by Crippen LogP contribution is 2.24.